The molecule has 0 amide bonds. The topological polar surface area (TPSA) is 74.2 Å². The van der Waals surface area contributed by atoms with Crippen LogP contribution in [0.15, 0.2) is 50.0 Å². The molecule has 0 N–H and O–H groups in total. The average molecular weight is 509 g/mol. The molecule has 0 spiro atoms. The number of benzene rings is 2. The summed E-state index contributed by atoms with van der Waals surface area (Å²) in [5, 5.41) is 0. The highest BCUT2D eigenvalue weighted by molar-refractivity contribution is 9.10. The number of aryl methyl sites for hydroxylation is 1. The van der Waals surface area contributed by atoms with Crippen molar-refractivity contribution in [1.29, 1.82) is 0 Å². The third-order valence-electron chi connectivity index (χ3n) is 3.83. The summed E-state index contributed by atoms with van der Waals surface area (Å²) < 4.78 is 17.2. The average Bonchev–Trinajstić information content (AvgIpc) is 2.99. The largest absolute Gasteiger partial charge is 0.493 e. The number of cyclic esters (lactones) is 1. The van der Waals surface area contributed by atoms with Crippen molar-refractivity contribution in [3.63, 3.8) is 0 Å². The summed E-state index contributed by atoms with van der Waals surface area (Å²) in [6.45, 7) is 3.24. The highest BCUT2D eigenvalue weighted by Crippen LogP contribution is 2.37. The predicted molar refractivity (Wildman–Crippen MR) is 111 cm³/mol. The summed E-state index contributed by atoms with van der Waals surface area (Å²) in [4.78, 5) is 27.8. The van der Waals surface area contributed by atoms with E-state index in [1.165, 1.54) is 14.0 Å². The van der Waals surface area contributed by atoms with Crippen LogP contribution in [-0.4, -0.2) is 24.9 Å². The van der Waals surface area contributed by atoms with Crippen LogP contribution >= 0.6 is 31.9 Å². The number of nitrogens with zero attached hydrogens (tertiary/aromatic N) is 1. The Balaban J connectivity index is 1.97. The monoisotopic (exact) mass is 507 g/mol. The van der Waals surface area contributed by atoms with Gasteiger partial charge in [0.05, 0.1) is 11.6 Å². The number of rotatable bonds is 4. The van der Waals surface area contributed by atoms with Crippen LogP contribution in [0.2, 0.25) is 0 Å². The van der Waals surface area contributed by atoms with Crippen LogP contribution in [0, 0.1) is 6.92 Å². The lowest BCUT2D eigenvalue weighted by Crippen LogP contribution is -2.05. The fourth-order valence-corrected chi connectivity index (χ4v) is 3.32. The van der Waals surface area contributed by atoms with Gasteiger partial charge in [0.15, 0.2) is 17.2 Å². The first kappa shape index (κ1) is 20.3. The summed E-state index contributed by atoms with van der Waals surface area (Å²) in [5.74, 6) is -0.163. The number of carbonyl (C=O) groups excluding carboxylic acids is 2. The van der Waals surface area contributed by atoms with Gasteiger partial charge in [0.2, 0.25) is 5.90 Å². The molecule has 2 aromatic rings. The molecule has 28 heavy (non-hydrogen) atoms. The van der Waals surface area contributed by atoms with E-state index in [9.17, 15) is 9.59 Å². The number of carbonyl (C=O) groups is 2. The second kappa shape index (κ2) is 8.28. The predicted octanol–water partition coefficient (Wildman–Crippen LogP) is 4.80. The SMILES string of the molecule is COc1cc(C=C2N=C(c3ccc(Br)c(C)c3)OC2=O)cc(Br)c1OC(C)=O. The first-order valence-electron chi connectivity index (χ1n) is 8.13. The summed E-state index contributed by atoms with van der Waals surface area (Å²) in [5.41, 5.74) is 2.50. The van der Waals surface area contributed by atoms with Gasteiger partial charge in [-0.05, 0) is 70.4 Å². The number of hydrogen-bond acceptors (Lipinski definition) is 6. The second-order valence-electron chi connectivity index (χ2n) is 5.93. The lowest BCUT2D eigenvalue weighted by Gasteiger charge is -2.11. The highest BCUT2D eigenvalue weighted by Gasteiger charge is 2.25. The van der Waals surface area contributed by atoms with E-state index in [0.29, 0.717) is 21.3 Å². The number of halogens is 2. The van der Waals surface area contributed by atoms with E-state index in [-0.39, 0.29) is 17.3 Å². The van der Waals surface area contributed by atoms with E-state index in [1.807, 2.05) is 25.1 Å². The summed E-state index contributed by atoms with van der Waals surface area (Å²) in [6.07, 6.45) is 1.58. The molecular weight excluding hydrogens is 494 g/mol. The quantitative estimate of drug-likeness (QED) is 0.337. The summed E-state index contributed by atoms with van der Waals surface area (Å²) >= 11 is 6.79. The van der Waals surface area contributed by atoms with E-state index < -0.39 is 11.9 Å². The minimum atomic E-state index is -0.547. The molecule has 0 unspecified atom stereocenters. The van der Waals surface area contributed by atoms with Gasteiger partial charge in [-0.25, -0.2) is 9.79 Å². The minimum absolute atomic E-state index is 0.157. The zero-order valence-corrected chi connectivity index (χ0v) is 18.4. The molecule has 3 rings (SSSR count). The first-order valence-corrected chi connectivity index (χ1v) is 9.72. The van der Waals surface area contributed by atoms with Gasteiger partial charge in [0.1, 0.15) is 0 Å². The van der Waals surface area contributed by atoms with Crippen LogP contribution in [0.4, 0.5) is 0 Å². The van der Waals surface area contributed by atoms with Crippen LogP contribution in [0.25, 0.3) is 6.08 Å². The zero-order chi connectivity index (χ0) is 20.4. The molecule has 144 valence electrons. The van der Waals surface area contributed by atoms with Crippen LogP contribution in [-0.2, 0) is 14.3 Å². The number of methoxy groups -OCH3 is 1. The molecule has 0 atom stereocenters. The maximum absolute atomic E-state index is 12.2. The van der Waals surface area contributed by atoms with E-state index in [4.69, 9.17) is 14.2 Å². The fraction of sp³-hybridized carbons (Fsp3) is 0.150. The smallest absolute Gasteiger partial charge is 0.363 e. The molecular formula is C20H15Br2NO5. The molecule has 1 aliphatic heterocycles. The van der Waals surface area contributed by atoms with Gasteiger partial charge in [-0.15, -0.1) is 0 Å². The van der Waals surface area contributed by atoms with Crippen LogP contribution in [0.5, 0.6) is 11.5 Å². The van der Waals surface area contributed by atoms with Crippen molar-refractivity contribution in [3.05, 3.63) is 61.7 Å². The molecule has 0 fully saturated rings. The lowest BCUT2D eigenvalue weighted by molar-refractivity contribution is -0.132. The molecule has 0 saturated heterocycles. The van der Waals surface area contributed by atoms with Gasteiger partial charge >= 0.3 is 11.9 Å². The molecule has 1 heterocycles. The maximum Gasteiger partial charge on any atom is 0.363 e. The zero-order valence-electron chi connectivity index (χ0n) is 15.2. The number of esters is 2. The Labute approximate surface area is 178 Å². The Morgan fingerprint density at radius 2 is 1.93 bits per heavy atom. The van der Waals surface area contributed by atoms with E-state index in [0.717, 1.165) is 10.0 Å². The van der Waals surface area contributed by atoms with Crippen LogP contribution in [0.1, 0.15) is 23.6 Å². The number of ether oxygens (including phenoxy) is 3. The lowest BCUT2D eigenvalue weighted by atomic mass is 10.1. The number of aliphatic imine (C=N–C) groups is 1. The van der Waals surface area contributed by atoms with Crippen molar-refractivity contribution >= 4 is 55.8 Å². The van der Waals surface area contributed by atoms with Crippen molar-refractivity contribution < 1.29 is 23.8 Å². The van der Waals surface area contributed by atoms with Crippen molar-refractivity contribution in [2.24, 2.45) is 4.99 Å². The Hall–Kier alpha value is -2.45. The molecule has 8 heteroatoms. The van der Waals surface area contributed by atoms with E-state index in [1.54, 1.807) is 18.2 Å². The van der Waals surface area contributed by atoms with Gasteiger partial charge in [-0.3, -0.25) is 4.79 Å². The molecule has 6 nitrogen and oxygen atoms in total. The summed E-state index contributed by atoms with van der Waals surface area (Å²) in [6, 6.07) is 8.91. The van der Waals surface area contributed by atoms with Crippen molar-refractivity contribution in [3.8, 4) is 11.5 Å². The van der Waals surface area contributed by atoms with E-state index >= 15 is 0 Å². The molecule has 0 aliphatic carbocycles. The van der Waals surface area contributed by atoms with Gasteiger partial charge < -0.3 is 14.2 Å². The molecule has 0 radical (unpaired) electrons. The van der Waals surface area contributed by atoms with Crippen LogP contribution < -0.4 is 9.47 Å². The Morgan fingerprint density at radius 1 is 1.18 bits per heavy atom. The van der Waals surface area contributed by atoms with Gasteiger partial charge in [0.25, 0.3) is 0 Å². The standard InChI is InChI=1S/C20H15Br2NO5/c1-10-6-13(4-5-14(10)21)19-23-16(20(25)28-19)8-12-7-15(22)18(27-11(2)24)17(9-12)26-3/h4-9H,1-3H3. The van der Waals surface area contributed by atoms with Gasteiger partial charge in [0, 0.05) is 17.0 Å². The molecule has 1 aliphatic rings. The molecule has 0 aromatic heterocycles. The Bertz CT molecular complexity index is 1040. The number of hydrogen-bond donors (Lipinski definition) is 0. The molecule has 2 aromatic carbocycles. The Morgan fingerprint density at radius 3 is 2.57 bits per heavy atom. The normalized spacial score (nSPS) is 14.7. The minimum Gasteiger partial charge on any atom is -0.493 e. The third kappa shape index (κ3) is 4.34. The van der Waals surface area contributed by atoms with Gasteiger partial charge in [-0.1, -0.05) is 15.9 Å². The van der Waals surface area contributed by atoms with Crippen molar-refractivity contribution in [2.45, 2.75) is 13.8 Å². The Kier molecular flexibility index (Phi) is 6.00. The van der Waals surface area contributed by atoms with Crippen molar-refractivity contribution in [2.75, 3.05) is 7.11 Å². The third-order valence-corrected chi connectivity index (χ3v) is 5.31. The van der Waals surface area contributed by atoms with Crippen molar-refractivity contribution in [1.82, 2.24) is 0 Å². The van der Waals surface area contributed by atoms with E-state index in [2.05, 4.69) is 36.9 Å². The molecule has 0 bridgehead atoms. The maximum atomic E-state index is 12.2. The van der Waals surface area contributed by atoms with Gasteiger partial charge in [-0.2, -0.15) is 0 Å². The molecule has 0 saturated carbocycles. The highest BCUT2D eigenvalue weighted by atomic mass is 79.9. The fourth-order valence-electron chi connectivity index (χ4n) is 2.53. The van der Waals surface area contributed by atoms with Crippen LogP contribution in [0.3, 0.4) is 0 Å². The second-order valence-corrected chi connectivity index (χ2v) is 7.64. The summed E-state index contributed by atoms with van der Waals surface area (Å²) in [7, 11) is 1.46. The first-order chi connectivity index (χ1) is 13.3.